The first-order chi connectivity index (χ1) is 18.1. The lowest BCUT2D eigenvalue weighted by atomic mass is 10.1. The molecule has 0 fully saturated rings. The molecule has 1 N–H and O–H groups in total. The molecule has 0 unspecified atom stereocenters. The summed E-state index contributed by atoms with van der Waals surface area (Å²) in [5, 5.41) is 2.88. The predicted octanol–water partition coefficient (Wildman–Crippen LogP) is 4.09. The van der Waals surface area contributed by atoms with Crippen molar-refractivity contribution in [2.45, 2.75) is 19.6 Å². The van der Waals surface area contributed by atoms with Crippen molar-refractivity contribution in [2.24, 2.45) is 0 Å². The number of rotatable bonds is 9. The van der Waals surface area contributed by atoms with Gasteiger partial charge in [-0.2, -0.15) is 4.98 Å². The summed E-state index contributed by atoms with van der Waals surface area (Å²) in [6, 6.07) is 19.0. The lowest BCUT2D eigenvalue weighted by Crippen LogP contribution is -2.25. The second-order valence-corrected chi connectivity index (χ2v) is 8.43. The van der Waals surface area contributed by atoms with E-state index in [4.69, 9.17) is 14.2 Å². The molecular weight excluding hydrogens is 470 g/mol. The van der Waals surface area contributed by atoms with Crippen LogP contribution in [0.4, 0.5) is 11.6 Å². The Labute approximate surface area is 215 Å². The Balaban J connectivity index is 1.42. The van der Waals surface area contributed by atoms with Gasteiger partial charge >= 0.3 is 0 Å². The Kier molecular flexibility index (Phi) is 7.12. The molecule has 2 aromatic heterocycles. The molecule has 0 saturated heterocycles. The average molecular weight is 498 g/mol. The maximum absolute atomic E-state index is 13.1. The number of aromatic nitrogens is 3. The smallest absolute Gasteiger partial charge is 0.258 e. The molecule has 4 aromatic rings. The van der Waals surface area contributed by atoms with Crippen molar-refractivity contribution in [3.63, 3.8) is 0 Å². The summed E-state index contributed by atoms with van der Waals surface area (Å²) in [5.41, 5.74) is 4.04. The van der Waals surface area contributed by atoms with E-state index in [9.17, 15) is 4.79 Å². The van der Waals surface area contributed by atoms with Crippen molar-refractivity contribution in [1.82, 2.24) is 20.3 Å². The minimum absolute atomic E-state index is 0.202. The highest BCUT2D eigenvalue weighted by Gasteiger charge is 2.25. The van der Waals surface area contributed by atoms with E-state index in [-0.39, 0.29) is 30.5 Å². The number of carbonyl (C=O) groups excluding carboxylic acids is 1. The largest absolute Gasteiger partial charge is 0.497 e. The number of hydrogen-bond donors (Lipinski definition) is 1. The molecule has 0 bridgehead atoms. The van der Waals surface area contributed by atoms with Crippen LogP contribution in [-0.2, 0) is 19.6 Å². The summed E-state index contributed by atoms with van der Waals surface area (Å²) < 4.78 is 16.8. The van der Waals surface area contributed by atoms with Crippen molar-refractivity contribution in [3.8, 4) is 17.4 Å². The topological polar surface area (TPSA) is 98.7 Å². The van der Waals surface area contributed by atoms with Crippen molar-refractivity contribution in [3.05, 3.63) is 95.4 Å². The van der Waals surface area contributed by atoms with Crippen LogP contribution >= 0.6 is 0 Å². The number of nitrogens with zero attached hydrogens (tertiary/aromatic N) is 4. The molecule has 0 spiro atoms. The quantitative estimate of drug-likeness (QED) is 0.369. The number of nitrogens with one attached hydrogen (secondary N) is 1. The number of carbonyl (C=O) groups is 1. The molecule has 37 heavy (non-hydrogen) atoms. The van der Waals surface area contributed by atoms with Gasteiger partial charge in [-0.1, -0.05) is 18.2 Å². The predicted molar refractivity (Wildman–Crippen MR) is 138 cm³/mol. The fourth-order valence-electron chi connectivity index (χ4n) is 4.15. The fourth-order valence-corrected chi connectivity index (χ4v) is 4.15. The van der Waals surface area contributed by atoms with E-state index in [1.165, 1.54) is 6.20 Å². The van der Waals surface area contributed by atoms with Crippen LogP contribution < -0.4 is 24.4 Å². The van der Waals surface area contributed by atoms with E-state index in [1.54, 1.807) is 20.4 Å². The molecule has 9 heteroatoms. The summed E-state index contributed by atoms with van der Waals surface area (Å²) in [7, 11) is 3.27. The molecule has 0 saturated carbocycles. The molecular formula is C28H27N5O4. The van der Waals surface area contributed by atoms with Crippen LogP contribution in [-0.4, -0.2) is 41.6 Å². The molecule has 2 aromatic carbocycles. The van der Waals surface area contributed by atoms with Gasteiger partial charge < -0.3 is 24.4 Å². The Morgan fingerprint density at radius 2 is 1.86 bits per heavy atom. The molecule has 1 aliphatic rings. The lowest BCUT2D eigenvalue weighted by molar-refractivity contribution is 0.0944. The van der Waals surface area contributed by atoms with Crippen LogP contribution in [0.3, 0.4) is 0 Å². The number of anilines is 2. The number of benzene rings is 2. The fraction of sp³-hybridized carbons (Fsp3) is 0.214. The van der Waals surface area contributed by atoms with E-state index in [0.717, 1.165) is 40.4 Å². The molecule has 188 valence electrons. The molecule has 0 aliphatic carbocycles. The number of ether oxygens (including phenoxy) is 3. The Morgan fingerprint density at radius 3 is 2.68 bits per heavy atom. The highest BCUT2D eigenvalue weighted by molar-refractivity contribution is 5.96. The van der Waals surface area contributed by atoms with Crippen molar-refractivity contribution in [2.75, 3.05) is 25.7 Å². The first-order valence-corrected chi connectivity index (χ1v) is 11.9. The molecule has 3 heterocycles. The molecule has 9 nitrogen and oxygen atoms in total. The summed E-state index contributed by atoms with van der Waals surface area (Å²) in [4.78, 5) is 28.6. The zero-order valence-corrected chi connectivity index (χ0v) is 20.7. The Hall–Kier alpha value is -4.66. The highest BCUT2D eigenvalue weighted by atomic mass is 16.5. The van der Waals surface area contributed by atoms with Crippen molar-refractivity contribution in [1.29, 1.82) is 0 Å². The summed E-state index contributed by atoms with van der Waals surface area (Å²) in [5.74, 6) is 1.86. The van der Waals surface area contributed by atoms with Gasteiger partial charge in [0.05, 0.1) is 26.5 Å². The minimum Gasteiger partial charge on any atom is -0.497 e. The van der Waals surface area contributed by atoms with E-state index in [2.05, 4.69) is 20.3 Å². The van der Waals surface area contributed by atoms with E-state index < -0.39 is 0 Å². The second kappa shape index (κ2) is 10.9. The van der Waals surface area contributed by atoms with Crippen LogP contribution in [0, 0.1) is 0 Å². The maximum atomic E-state index is 13.1. The van der Waals surface area contributed by atoms with Gasteiger partial charge in [0.1, 0.15) is 23.7 Å². The molecule has 0 atom stereocenters. The monoisotopic (exact) mass is 497 g/mol. The number of amides is 1. The third-order valence-electron chi connectivity index (χ3n) is 6.08. The summed E-state index contributed by atoms with van der Waals surface area (Å²) in [6.45, 7) is 1.20. The van der Waals surface area contributed by atoms with Crippen LogP contribution in [0.15, 0.2) is 73.1 Å². The maximum Gasteiger partial charge on any atom is 0.258 e. The van der Waals surface area contributed by atoms with Gasteiger partial charge in [0.15, 0.2) is 0 Å². The second-order valence-electron chi connectivity index (χ2n) is 8.43. The minimum atomic E-state index is -0.343. The van der Waals surface area contributed by atoms with Gasteiger partial charge in [-0.3, -0.25) is 9.78 Å². The van der Waals surface area contributed by atoms with E-state index in [0.29, 0.717) is 12.5 Å². The molecule has 1 amide bonds. The SMILES string of the molecule is COc1cccc(COc2nc(N3CCc4cc(OC)ccc43)ncc2C(=O)NCc2ccccn2)c1. The lowest BCUT2D eigenvalue weighted by Gasteiger charge is -2.19. The first-order valence-electron chi connectivity index (χ1n) is 11.9. The average Bonchev–Trinajstić information content (AvgIpc) is 3.38. The number of fused-ring (bicyclic) bond motifs is 1. The molecule has 1 aliphatic heterocycles. The Bertz CT molecular complexity index is 1400. The Morgan fingerprint density at radius 1 is 1.00 bits per heavy atom. The van der Waals surface area contributed by atoms with Gasteiger partial charge in [-0.25, -0.2) is 4.98 Å². The van der Waals surface area contributed by atoms with Gasteiger partial charge in [0, 0.05) is 24.6 Å². The van der Waals surface area contributed by atoms with E-state index in [1.807, 2.05) is 65.6 Å². The zero-order chi connectivity index (χ0) is 25.6. The van der Waals surface area contributed by atoms with Gasteiger partial charge in [0.2, 0.25) is 11.8 Å². The van der Waals surface area contributed by atoms with Crippen molar-refractivity contribution < 1.29 is 19.0 Å². The van der Waals surface area contributed by atoms with Gasteiger partial charge in [0.25, 0.3) is 5.91 Å². The molecule has 5 rings (SSSR count). The van der Waals surface area contributed by atoms with Crippen LogP contribution in [0.5, 0.6) is 17.4 Å². The van der Waals surface area contributed by atoms with Crippen LogP contribution in [0.25, 0.3) is 0 Å². The first kappa shape index (κ1) is 24.1. The van der Waals surface area contributed by atoms with Gasteiger partial charge in [-0.05, 0) is 60.0 Å². The van der Waals surface area contributed by atoms with E-state index >= 15 is 0 Å². The number of pyridine rings is 1. The van der Waals surface area contributed by atoms with Gasteiger partial charge in [-0.15, -0.1) is 0 Å². The van der Waals surface area contributed by atoms with Crippen LogP contribution in [0.2, 0.25) is 0 Å². The number of hydrogen-bond acceptors (Lipinski definition) is 8. The molecule has 0 radical (unpaired) electrons. The van der Waals surface area contributed by atoms with Crippen LogP contribution in [0.1, 0.15) is 27.2 Å². The van der Waals surface area contributed by atoms with Crippen molar-refractivity contribution >= 4 is 17.5 Å². The zero-order valence-electron chi connectivity index (χ0n) is 20.7. The third-order valence-corrected chi connectivity index (χ3v) is 6.08. The third kappa shape index (κ3) is 5.45. The normalized spacial score (nSPS) is 12.1. The highest BCUT2D eigenvalue weighted by Crippen LogP contribution is 2.36. The summed E-state index contributed by atoms with van der Waals surface area (Å²) >= 11 is 0. The number of methoxy groups -OCH3 is 2. The summed E-state index contributed by atoms with van der Waals surface area (Å²) in [6.07, 6.45) is 4.03. The standard InChI is InChI=1S/C28H27N5O4/c1-35-22-8-5-6-19(14-22)18-37-27-24(26(34)30-16-21-7-3-4-12-29-21)17-31-28(32-27)33-13-11-20-15-23(36-2)9-10-25(20)33/h3-10,12,14-15,17H,11,13,16,18H2,1-2H3,(H,30,34).